The smallest absolute Gasteiger partial charge is 0.164 e. The van der Waals surface area contributed by atoms with E-state index in [4.69, 9.17) is 29.9 Å². The summed E-state index contributed by atoms with van der Waals surface area (Å²) in [4.78, 5) is 39.3. The lowest BCUT2D eigenvalue weighted by atomic mass is 9.82. The average molecular weight is 739 g/mol. The number of hydrogen-bond acceptors (Lipinski definition) is 6. The Kier molecular flexibility index (Phi) is 9.88. The second-order valence-electron chi connectivity index (χ2n) is 15.3. The second-order valence-corrected chi connectivity index (χ2v) is 15.3. The number of nitrogens with one attached hydrogen (secondary N) is 2. The van der Waals surface area contributed by atoms with Crippen LogP contribution < -0.4 is 0 Å². The summed E-state index contributed by atoms with van der Waals surface area (Å²) in [5.41, 5.74) is 12.9. The van der Waals surface area contributed by atoms with Crippen molar-refractivity contribution in [3.05, 3.63) is 95.1 Å². The molecule has 2 aliphatic heterocycles. The highest BCUT2D eigenvalue weighted by atomic mass is 15.1. The minimum atomic E-state index is 0.630. The lowest BCUT2D eigenvalue weighted by Crippen LogP contribution is -2.08. The van der Waals surface area contributed by atoms with Crippen LogP contribution in [0.3, 0.4) is 0 Å². The monoisotopic (exact) mass is 738 g/mol. The molecule has 2 N–H and O–H groups in total. The van der Waals surface area contributed by atoms with Crippen molar-refractivity contribution in [2.75, 3.05) is 0 Å². The third kappa shape index (κ3) is 6.25. The summed E-state index contributed by atoms with van der Waals surface area (Å²) in [5, 5.41) is 4.34. The van der Waals surface area contributed by atoms with Crippen molar-refractivity contribution < 1.29 is 0 Å². The zero-order valence-electron chi connectivity index (χ0n) is 33.1. The first-order chi connectivity index (χ1) is 27.6. The van der Waals surface area contributed by atoms with Gasteiger partial charge in [-0.15, -0.1) is 0 Å². The van der Waals surface area contributed by atoms with Crippen LogP contribution in [0.5, 0.6) is 0 Å². The highest BCUT2D eigenvalue weighted by Crippen LogP contribution is 2.41. The third-order valence-corrected chi connectivity index (χ3v) is 11.6. The quantitative estimate of drug-likeness (QED) is 0.129. The fourth-order valence-electron chi connectivity index (χ4n) is 8.74. The van der Waals surface area contributed by atoms with Gasteiger partial charge in [0.15, 0.2) is 23.3 Å². The van der Waals surface area contributed by atoms with Crippen LogP contribution in [0.1, 0.15) is 101 Å². The van der Waals surface area contributed by atoms with Crippen molar-refractivity contribution in [3.63, 3.8) is 0 Å². The molecule has 2 aliphatic rings. The molecular weight excluding hydrogens is 689 g/mol. The molecule has 7 aromatic rings. The van der Waals surface area contributed by atoms with Gasteiger partial charge in [0.05, 0.1) is 0 Å². The normalized spacial score (nSPS) is 12.1. The maximum atomic E-state index is 5.52. The van der Waals surface area contributed by atoms with Crippen molar-refractivity contribution in [1.29, 1.82) is 0 Å². The molecule has 0 saturated carbocycles. The Hall–Kier alpha value is -5.76. The molecule has 0 amide bonds. The van der Waals surface area contributed by atoms with Gasteiger partial charge in [0, 0.05) is 43.8 Å². The standard InChI is InChI=1S/C48H50N8/c1-5-9-19-29-30(20-10-6-2)32(22-12-8-4)40-39(31(29)21-11-7-3)47-54-45-37-27-17-15-25-35(37)43(52-45)50-41-33-23-13-14-24-34(33)42(49-41)51-44-36-26-16-18-28-38(36)46(53-44)55-48(40)56-47/h13-18,23-28H,5-12,19-22H2,1-4H3,(H2,49,50,51,52,53,54,55,56). The zero-order chi connectivity index (χ0) is 38.2. The molecule has 0 atom stereocenters. The summed E-state index contributed by atoms with van der Waals surface area (Å²) in [6.07, 6.45) is 13.2. The number of benzene rings is 4. The number of H-pyrrole nitrogens is 2. The lowest BCUT2D eigenvalue weighted by molar-refractivity contribution is 0.724. The van der Waals surface area contributed by atoms with Crippen LogP contribution in [0.2, 0.25) is 0 Å². The summed E-state index contributed by atoms with van der Waals surface area (Å²) >= 11 is 0. The van der Waals surface area contributed by atoms with Crippen molar-refractivity contribution in [2.45, 2.75) is 105 Å². The van der Waals surface area contributed by atoms with Crippen LogP contribution in [0.25, 0.3) is 89.7 Å². The fourth-order valence-corrected chi connectivity index (χ4v) is 8.74. The number of aromatic nitrogens is 8. The molecule has 3 aromatic heterocycles. The Morgan fingerprint density at radius 1 is 0.357 bits per heavy atom. The van der Waals surface area contributed by atoms with Gasteiger partial charge >= 0.3 is 0 Å². The third-order valence-electron chi connectivity index (χ3n) is 11.6. The molecule has 0 saturated heterocycles. The Balaban J connectivity index is 1.51. The van der Waals surface area contributed by atoms with E-state index in [0.29, 0.717) is 34.6 Å². The van der Waals surface area contributed by atoms with Gasteiger partial charge < -0.3 is 9.97 Å². The van der Waals surface area contributed by atoms with Crippen LogP contribution in [0, 0.1) is 0 Å². The van der Waals surface area contributed by atoms with Gasteiger partial charge in [0.2, 0.25) is 0 Å². The van der Waals surface area contributed by atoms with E-state index < -0.39 is 0 Å². The van der Waals surface area contributed by atoms with E-state index in [1.54, 1.807) is 11.1 Å². The zero-order valence-corrected chi connectivity index (χ0v) is 33.1. The van der Waals surface area contributed by atoms with Gasteiger partial charge in [-0.2, -0.15) is 0 Å². The molecular formula is C48H50N8. The molecule has 0 unspecified atom stereocenters. The Bertz CT molecular complexity index is 2590. The molecule has 56 heavy (non-hydrogen) atoms. The summed E-state index contributed by atoms with van der Waals surface area (Å²) in [7, 11) is 0. The lowest BCUT2D eigenvalue weighted by Gasteiger charge is -2.22. The number of hydrogen-bond donors (Lipinski definition) is 2. The van der Waals surface area contributed by atoms with Crippen LogP contribution in [0.4, 0.5) is 0 Å². The highest BCUT2D eigenvalue weighted by Gasteiger charge is 2.26. The molecule has 0 spiro atoms. The Morgan fingerprint density at radius 2 is 0.661 bits per heavy atom. The molecule has 8 heteroatoms. The van der Waals surface area contributed by atoms with Crippen LogP contribution >= 0.6 is 0 Å². The summed E-state index contributed by atoms with van der Waals surface area (Å²) < 4.78 is 0. The van der Waals surface area contributed by atoms with Gasteiger partial charge in [-0.1, -0.05) is 126 Å². The topological polar surface area (TPSA) is 109 Å². The summed E-state index contributed by atoms with van der Waals surface area (Å²) in [5.74, 6) is 2.57. The maximum Gasteiger partial charge on any atom is 0.164 e. The predicted molar refractivity (Wildman–Crippen MR) is 231 cm³/mol. The molecule has 8 nitrogen and oxygen atoms in total. The average Bonchev–Trinajstić information content (AvgIpc) is 3.96. The van der Waals surface area contributed by atoms with Gasteiger partial charge in [0.1, 0.15) is 22.6 Å². The first-order valence-electron chi connectivity index (χ1n) is 20.9. The Morgan fingerprint density at radius 3 is 1.02 bits per heavy atom. The van der Waals surface area contributed by atoms with E-state index in [-0.39, 0.29) is 0 Å². The molecule has 282 valence electrons. The molecule has 4 aromatic carbocycles. The largest absolute Gasteiger partial charge is 0.324 e. The van der Waals surface area contributed by atoms with E-state index in [9.17, 15) is 0 Å². The fraction of sp³-hybridized carbons (Fsp3) is 0.333. The molecule has 5 heterocycles. The highest BCUT2D eigenvalue weighted by molar-refractivity contribution is 6.10. The minimum absolute atomic E-state index is 0.630. The number of aromatic amines is 2. The first kappa shape index (κ1) is 35.9. The second kappa shape index (κ2) is 15.4. The van der Waals surface area contributed by atoms with E-state index >= 15 is 0 Å². The van der Waals surface area contributed by atoms with Gasteiger partial charge in [0.25, 0.3) is 0 Å². The molecule has 9 rings (SSSR count). The van der Waals surface area contributed by atoms with Crippen LogP contribution in [-0.4, -0.2) is 39.9 Å². The van der Waals surface area contributed by atoms with E-state index in [1.807, 2.05) is 24.3 Å². The molecule has 0 radical (unpaired) electrons. The number of nitrogens with zero attached hydrogens (tertiary/aromatic N) is 6. The minimum Gasteiger partial charge on any atom is -0.324 e. The summed E-state index contributed by atoms with van der Waals surface area (Å²) in [6, 6.07) is 24.9. The van der Waals surface area contributed by atoms with Crippen LogP contribution in [0.15, 0.2) is 72.8 Å². The summed E-state index contributed by atoms with van der Waals surface area (Å²) in [6.45, 7) is 9.20. The SMILES string of the molecule is CCCCc1c(CCCC)c(CCCC)c2c3nc4nc(nc5[nH]c(nc6nc(nc([nH]3)c2c1CCCC)-c1ccccc1-6)c1ccccc51)-c1ccccc1-4. The van der Waals surface area contributed by atoms with E-state index in [0.717, 1.165) is 121 Å². The van der Waals surface area contributed by atoms with Gasteiger partial charge in [-0.05, 0) is 73.6 Å². The van der Waals surface area contributed by atoms with Crippen LogP contribution in [-0.2, 0) is 25.7 Å². The van der Waals surface area contributed by atoms with E-state index in [1.165, 1.54) is 21.9 Å². The molecule has 8 bridgehead atoms. The molecule has 0 fully saturated rings. The number of aryl methyl sites for hydroxylation is 2. The predicted octanol–water partition coefficient (Wildman–Crippen LogP) is 12.2. The Labute approximate surface area is 328 Å². The number of rotatable bonds is 12. The van der Waals surface area contributed by atoms with Gasteiger partial charge in [-0.3, -0.25) is 0 Å². The number of unbranched alkanes of at least 4 members (excludes halogenated alkanes) is 4. The van der Waals surface area contributed by atoms with Gasteiger partial charge in [-0.25, -0.2) is 29.9 Å². The number of fused-ring (bicyclic) bond motifs is 20. The van der Waals surface area contributed by atoms with Crippen molar-refractivity contribution in [3.8, 4) is 45.6 Å². The first-order valence-corrected chi connectivity index (χ1v) is 20.9. The maximum absolute atomic E-state index is 5.52. The molecule has 0 aliphatic carbocycles. The van der Waals surface area contributed by atoms with Crippen molar-refractivity contribution in [2.24, 2.45) is 0 Å². The van der Waals surface area contributed by atoms with E-state index in [2.05, 4.69) is 86.2 Å². The van der Waals surface area contributed by atoms with Crippen molar-refractivity contribution in [1.82, 2.24) is 39.9 Å². The van der Waals surface area contributed by atoms with Crippen molar-refractivity contribution >= 4 is 44.1 Å².